The molecule has 154 valence electrons. The Bertz CT molecular complexity index is 840. The molecule has 2 saturated heterocycles. The lowest BCUT2D eigenvalue weighted by molar-refractivity contribution is -0.132. The number of rotatable bonds is 5. The third kappa shape index (κ3) is 3.54. The summed E-state index contributed by atoms with van der Waals surface area (Å²) in [6, 6.07) is 6.33. The first-order chi connectivity index (χ1) is 13.9. The molecule has 1 aromatic carbocycles. The van der Waals surface area contributed by atoms with E-state index in [-0.39, 0.29) is 24.1 Å². The first-order valence-electron chi connectivity index (χ1n) is 10.5. The lowest BCUT2D eigenvalue weighted by Crippen LogP contribution is -2.49. The minimum absolute atomic E-state index is 0.0894. The monoisotopic (exact) mass is 397 g/mol. The Balaban J connectivity index is 1.42. The summed E-state index contributed by atoms with van der Waals surface area (Å²) in [7, 11) is 0. The van der Waals surface area contributed by atoms with E-state index in [9.17, 15) is 19.2 Å². The average Bonchev–Trinajstić information content (AvgIpc) is 3.25. The van der Waals surface area contributed by atoms with Gasteiger partial charge in [0.15, 0.2) is 5.78 Å². The highest BCUT2D eigenvalue weighted by Crippen LogP contribution is 2.37. The molecule has 0 aromatic heterocycles. The summed E-state index contributed by atoms with van der Waals surface area (Å²) in [6.45, 7) is 2.58. The Morgan fingerprint density at radius 3 is 2.41 bits per heavy atom. The third-order valence-electron chi connectivity index (χ3n) is 6.66. The molecule has 4 rings (SSSR count). The van der Waals surface area contributed by atoms with E-state index in [1.165, 1.54) is 0 Å². The number of benzene rings is 1. The van der Waals surface area contributed by atoms with Crippen LogP contribution >= 0.6 is 0 Å². The molecule has 2 aliphatic heterocycles. The van der Waals surface area contributed by atoms with E-state index in [4.69, 9.17) is 0 Å². The number of hydrogen-bond acceptors (Lipinski definition) is 4. The van der Waals surface area contributed by atoms with Crippen molar-refractivity contribution in [1.29, 1.82) is 0 Å². The van der Waals surface area contributed by atoms with Gasteiger partial charge in [0.25, 0.3) is 5.91 Å². The summed E-state index contributed by atoms with van der Waals surface area (Å²) in [4.78, 5) is 52.7. The third-order valence-corrected chi connectivity index (χ3v) is 6.66. The maximum Gasteiger partial charge on any atom is 0.325 e. The number of nitrogens with one attached hydrogen (secondary N) is 1. The molecule has 7 nitrogen and oxygen atoms in total. The molecule has 1 saturated carbocycles. The minimum atomic E-state index is -0.830. The van der Waals surface area contributed by atoms with Gasteiger partial charge in [0, 0.05) is 24.2 Å². The summed E-state index contributed by atoms with van der Waals surface area (Å²) in [6.07, 6.45) is 5.58. The Kier molecular flexibility index (Phi) is 5.15. The van der Waals surface area contributed by atoms with E-state index < -0.39 is 11.6 Å². The summed E-state index contributed by atoms with van der Waals surface area (Å²) < 4.78 is 0. The molecule has 3 fully saturated rings. The van der Waals surface area contributed by atoms with Gasteiger partial charge in [-0.05, 0) is 62.3 Å². The van der Waals surface area contributed by atoms with Gasteiger partial charge in [0.2, 0.25) is 5.91 Å². The van der Waals surface area contributed by atoms with Gasteiger partial charge >= 0.3 is 6.03 Å². The number of carbonyl (C=O) groups excluding carboxylic acids is 4. The van der Waals surface area contributed by atoms with Crippen LogP contribution in [0.1, 0.15) is 62.2 Å². The Hall–Kier alpha value is -2.70. The smallest absolute Gasteiger partial charge is 0.323 e. The van der Waals surface area contributed by atoms with Gasteiger partial charge < -0.3 is 10.2 Å². The van der Waals surface area contributed by atoms with Crippen molar-refractivity contribution in [3.63, 3.8) is 0 Å². The van der Waals surface area contributed by atoms with Crippen molar-refractivity contribution < 1.29 is 19.2 Å². The standard InChI is InChI=1S/C22H27N3O4/c1-2-15-9-11-22(12-10-15)20(28)25(21(29)23-22)14-18(26)16-5-7-17(8-6-16)24-13-3-4-19(24)27/h5-8,15H,2-4,9-14H2,1H3,(H,23,29). The van der Waals surface area contributed by atoms with Crippen LogP contribution in [0.5, 0.6) is 0 Å². The molecule has 2 heterocycles. The van der Waals surface area contributed by atoms with Crippen molar-refractivity contribution in [1.82, 2.24) is 10.2 Å². The molecule has 3 aliphatic rings. The zero-order valence-corrected chi connectivity index (χ0v) is 16.8. The van der Waals surface area contributed by atoms with Crippen molar-refractivity contribution in [2.24, 2.45) is 5.92 Å². The topological polar surface area (TPSA) is 86.8 Å². The molecule has 4 amide bonds. The van der Waals surface area contributed by atoms with Crippen LogP contribution in [0.25, 0.3) is 0 Å². The Morgan fingerprint density at radius 1 is 1.14 bits per heavy atom. The first-order valence-corrected chi connectivity index (χ1v) is 10.5. The summed E-state index contributed by atoms with van der Waals surface area (Å²) in [5.41, 5.74) is 0.366. The number of hydrogen-bond donors (Lipinski definition) is 1. The molecule has 1 aromatic rings. The fourth-order valence-electron chi connectivity index (χ4n) is 4.72. The summed E-state index contributed by atoms with van der Waals surface area (Å²) in [5.74, 6) is 0.130. The van der Waals surface area contributed by atoms with E-state index in [2.05, 4.69) is 12.2 Å². The Morgan fingerprint density at radius 2 is 1.83 bits per heavy atom. The zero-order valence-electron chi connectivity index (χ0n) is 16.8. The van der Waals surface area contributed by atoms with Crippen LogP contribution in [-0.4, -0.2) is 47.2 Å². The number of carbonyl (C=O) groups is 4. The van der Waals surface area contributed by atoms with E-state index in [1.807, 2.05) is 0 Å². The molecule has 1 spiro atoms. The van der Waals surface area contributed by atoms with E-state index in [0.29, 0.717) is 37.3 Å². The van der Waals surface area contributed by atoms with E-state index >= 15 is 0 Å². The molecule has 0 atom stereocenters. The second-order valence-corrected chi connectivity index (χ2v) is 8.37. The number of ketones is 1. The number of amides is 4. The fourth-order valence-corrected chi connectivity index (χ4v) is 4.72. The molecule has 29 heavy (non-hydrogen) atoms. The van der Waals surface area contributed by atoms with Gasteiger partial charge in [-0.15, -0.1) is 0 Å². The second-order valence-electron chi connectivity index (χ2n) is 8.37. The number of imide groups is 1. The highest BCUT2D eigenvalue weighted by Gasteiger charge is 2.52. The van der Waals surface area contributed by atoms with E-state index in [1.54, 1.807) is 29.2 Å². The van der Waals surface area contributed by atoms with E-state index in [0.717, 1.165) is 36.3 Å². The first kappa shape index (κ1) is 19.6. The fraction of sp³-hybridized carbons (Fsp3) is 0.545. The normalized spacial score (nSPS) is 27.1. The maximum atomic E-state index is 13.0. The van der Waals surface area contributed by atoms with Crippen LogP contribution in [0.3, 0.4) is 0 Å². The van der Waals surface area contributed by atoms with Gasteiger partial charge in [0.05, 0.1) is 6.54 Å². The lowest BCUT2D eigenvalue weighted by Gasteiger charge is -2.34. The lowest BCUT2D eigenvalue weighted by atomic mass is 9.75. The van der Waals surface area contributed by atoms with Crippen LogP contribution in [0.4, 0.5) is 10.5 Å². The number of Topliss-reactive ketones (excluding diaryl/α,β-unsaturated/α-hetero) is 1. The van der Waals surface area contributed by atoms with Crippen molar-refractivity contribution in [2.45, 2.75) is 57.4 Å². The number of urea groups is 1. The van der Waals surface area contributed by atoms with Crippen molar-refractivity contribution >= 4 is 29.3 Å². The van der Waals surface area contributed by atoms with Gasteiger partial charge in [-0.3, -0.25) is 19.3 Å². The molecule has 1 aliphatic carbocycles. The molecule has 0 radical (unpaired) electrons. The molecular formula is C22H27N3O4. The SMILES string of the molecule is CCC1CCC2(CC1)NC(=O)N(CC(=O)c1ccc(N3CCCC3=O)cc1)C2=O. The van der Waals surface area contributed by atoms with Crippen molar-refractivity contribution in [2.75, 3.05) is 18.0 Å². The molecule has 0 bridgehead atoms. The zero-order chi connectivity index (χ0) is 20.6. The number of anilines is 1. The Labute approximate surface area is 170 Å². The highest BCUT2D eigenvalue weighted by atomic mass is 16.2. The maximum absolute atomic E-state index is 13.0. The predicted octanol–water partition coefficient (Wildman–Crippen LogP) is 2.89. The molecular weight excluding hydrogens is 370 g/mol. The highest BCUT2D eigenvalue weighted by molar-refractivity contribution is 6.11. The van der Waals surface area contributed by atoms with Crippen LogP contribution in [0, 0.1) is 5.92 Å². The summed E-state index contributed by atoms with van der Waals surface area (Å²) in [5, 5.41) is 2.86. The average molecular weight is 397 g/mol. The van der Waals surface area contributed by atoms with Gasteiger partial charge in [0.1, 0.15) is 5.54 Å². The largest absolute Gasteiger partial charge is 0.325 e. The van der Waals surface area contributed by atoms with Gasteiger partial charge in [-0.25, -0.2) is 4.79 Å². The molecule has 7 heteroatoms. The van der Waals surface area contributed by atoms with Gasteiger partial charge in [-0.1, -0.05) is 13.3 Å². The van der Waals surface area contributed by atoms with Crippen LogP contribution in [0.15, 0.2) is 24.3 Å². The predicted molar refractivity (Wildman–Crippen MR) is 108 cm³/mol. The minimum Gasteiger partial charge on any atom is -0.323 e. The molecule has 1 N–H and O–H groups in total. The van der Waals surface area contributed by atoms with Gasteiger partial charge in [-0.2, -0.15) is 0 Å². The number of nitrogens with zero attached hydrogens (tertiary/aromatic N) is 2. The van der Waals surface area contributed by atoms with Crippen molar-refractivity contribution in [3.05, 3.63) is 29.8 Å². The van der Waals surface area contributed by atoms with Crippen molar-refractivity contribution in [3.8, 4) is 0 Å². The summed E-state index contributed by atoms with van der Waals surface area (Å²) >= 11 is 0. The van der Waals surface area contributed by atoms with Crippen LogP contribution in [-0.2, 0) is 9.59 Å². The van der Waals surface area contributed by atoms with Crippen LogP contribution < -0.4 is 10.2 Å². The van der Waals surface area contributed by atoms with Crippen LogP contribution in [0.2, 0.25) is 0 Å². The second kappa shape index (κ2) is 7.61. The molecule has 0 unspecified atom stereocenters. The quantitative estimate of drug-likeness (QED) is 0.611.